The highest BCUT2D eigenvalue weighted by Crippen LogP contribution is 2.16. The molecule has 0 spiro atoms. The SMILES string of the molecule is CC.CC.O=CC=CNc1cccc([N+](=O)[O-])c1. The van der Waals surface area contributed by atoms with Gasteiger partial charge in [0.1, 0.15) is 6.29 Å². The van der Waals surface area contributed by atoms with E-state index >= 15 is 0 Å². The molecule has 0 fully saturated rings. The van der Waals surface area contributed by atoms with Gasteiger partial charge in [0.15, 0.2) is 0 Å². The third kappa shape index (κ3) is 8.04. The van der Waals surface area contributed by atoms with Crippen LogP contribution in [0.15, 0.2) is 36.5 Å². The number of hydrogen-bond acceptors (Lipinski definition) is 4. The minimum Gasteiger partial charge on any atom is -0.361 e. The summed E-state index contributed by atoms with van der Waals surface area (Å²) >= 11 is 0. The Morgan fingerprint density at radius 2 is 1.83 bits per heavy atom. The molecule has 0 aliphatic carbocycles. The summed E-state index contributed by atoms with van der Waals surface area (Å²) in [5, 5.41) is 13.1. The molecule has 0 aromatic heterocycles. The van der Waals surface area contributed by atoms with Gasteiger partial charge < -0.3 is 5.32 Å². The summed E-state index contributed by atoms with van der Waals surface area (Å²) in [6, 6.07) is 6.02. The van der Waals surface area contributed by atoms with E-state index in [4.69, 9.17) is 0 Å². The van der Waals surface area contributed by atoms with E-state index in [9.17, 15) is 14.9 Å². The lowest BCUT2D eigenvalue weighted by Crippen LogP contribution is -1.91. The summed E-state index contributed by atoms with van der Waals surface area (Å²) in [5.41, 5.74) is 0.576. The van der Waals surface area contributed by atoms with Gasteiger partial charge in [-0.2, -0.15) is 0 Å². The number of allylic oxidation sites excluding steroid dienone is 1. The second kappa shape index (κ2) is 12.9. The molecule has 0 heterocycles. The van der Waals surface area contributed by atoms with Crippen LogP contribution in [0, 0.1) is 10.1 Å². The molecule has 0 aliphatic rings. The summed E-state index contributed by atoms with van der Waals surface area (Å²) in [6.07, 6.45) is 3.29. The van der Waals surface area contributed by atoms with Crippen molar-refractivity contribution in [2.75, 3.05) is 5.32 Å². The zero-order valence-corrected chi connectivity index (χ0v) is 11.2. The molecule has 1 aromatic rings. The number of rotatable bonds is 4. The maximum atomic E-state index is 10.4. The molecular weight excluding hydrogens is 232 g/mol. The highest BCUT2D eigenvalue weighted by molar-refractivity contribution is 5.66. The second-order valence-electron chi connectivity index (χ2n) is 2.45. The van der Waals surface area contributed by atoms with Gasteiger partial charge in [0, 0.05) is 24.0 Å². The number of nitro groups is 1. The Balaban J connectivity index is 0. The van der Waals surface area contributed by atoms with Gasteiger partial charge in [0.2, 0.25) is 0 Å². The molecular formula is C13H20N2O3. The molecule has 0 saturated heterocycles. The topological polar surface area (TPSA) is 72.2 Å². The third-order valence-corrected chi connectivity index (χ3v) is 1.48. The summed E-state index contributed by atoms with van der Waals surface area (Å²) in [7, 11) is 0. The zero-order valence-electron chi connectivity index (χ0n) is 11.2. The number of benzene rings is 1. The van der Waals surface area contributed by atoms with Crippen molar-refractivity contribution in [1.29, 1.82) is 0 Å². The monoisotopic (exact) mass is 252 g/mol. The zero-order chi connectivity index (χ0) is 14.4. The normalized spacial score (nSPS) is 8.44. The van der Waals surface area contributed by atoms with Crippen LogP contribution in [0.2, 0.25) is 0 Å². The Morgan fingerprint density at radius 3 is 2.33 bits per heavy atom. The quantitative estimate of drug-likeness (QED) is 0.383. The second-order valence-corrected chi connectivity index (χ2v) is 2.45. The van der Waals surface area contributed by atoms with Crippen LogP contribution in [0.4, 0.5) is 11.4 Å². The fourth-order valence-electron chi connectivity index (χ4n) is 0.893. The number of nitro benzene ring substituents is 1. The first kappa shape index (κ1) is 18.2. The van der Waals surface area contributed by atoms with Crippen molar-refractivity contribution in [3.63, 3.8) is 0 Å². The van der Waals surface area contributed by atoms with Crippen molar-refractivity contribution in [3.05, 3.63) is 46.7 Å². The highest BCUT2D eigenvalue weighted by atomic mass is 16.6. The number of hydrogen-bond donors (Lipinski definition) is 1. The predicted octanol–water partition coefficient (Wildman–Crippen LogP) is 3.77. The number of nitrogens with one attached hydrogen (secondary N) is 1. The van der Waals surface area contributed by atoms with Crippen LogP contribution in [0.3, 0.4) is 0 Å². The summed E-state index contributed by atoms with van der Waals surface area (Å²) in [6.45, 7) is 8.00. The number of anilines is 1. The fourth-order valence-corrected chi connectivity index (χ4v) is 0.893. The predicted molar refractivity (Wildman–Crippen MR) is 74.6 cm³/mol. The van der Waals surface area contributed by atoms with Crippen LogP contribution in [0.25, 0.3) is 0 Å². The molecule has 5 heteroatoms. The lowest BCUT2D eigenvalue weighted by molar-refractivity contribution is -0.384. The highest BCUT2D eigenvalue weighted by Gasteiger charge is 2.03. The summed E-state index contributed by atoms with van der Waals surface area (Å²) in [4.78, 5) is 19.8. The van der Waals surface area contributed by atoms with Gasteiger partial charge in [-0.15, -0.1) is 0 Å². The number of aldehydes is 1. The molecule has 0 bridgehead atoms. The fraction of sp³-hybridized carbons (Fsp3) is 0.308. The van der Waals surface area contributed by atoms with E-state index < -0.39 is 4.92 Å². The Hall–Kier alpha value is -2.17. The molecule has 0 saturated carbocycles. The van der Waals surface area contributed by atoms with Crippen LogP contribution in [-0.4, -0.2) is 11.2 Å². The van der Waals surface area contributed by atoms with E-state index in [2.05, 4.69) is 5.32 Å². The molecule has 0 amide bonds. The van der Waals surface area contributed by atoms with E-state index in [1.54, 1.807) is 12.1 Å². The van der Waals surface area contributed by atoms with Crippen molar-refractivity contribution in [3.8, 4) is 0 Å². The van der Waals surface area contributed by atoms with E-state index in [1.165, 1.54) is 24.4 Å². The number of non-ortho nitro benzene ring substituents is 1. The van der Waals surface area contributed by atoms with Crippen LogP contribution in [0.1, 0.15) is 27.7 Å². The minimum absolute atomic E-state index is 0.00880. The standard InChI is InChI=1S/C9H8N2O3.2C2H6/c12-6-2-5-10-8-3-1-4-9(7-8)11(13)14;2*1-2/h1-7,10H;2*1-2H3. The van der Waals surface area contributed by atoms with Crippen molar-refractivity contribution >= 4 is 17.7 Å². The van der Waals surface area contributed by atoms with E-state index in [0.717, 1.165) is 0 Å². The maximum Gasteiger partial charge on any atom is 0.271 e. The molecule has 0 aliphatic heterocycles. The van der Waals surface area contributed by atoms with Crippen molar-refractivity contribution in [1.82, 2.24) is 0 Å². The maximum absolute atomic E-state index is 10.4. The van der Waals surface area contributed by atoms with Gasteiger partial charge in [0.25, 0.3) is 5.69 Å². The van der Waals surface area contributed by atoms with Gasteiger partial charge >= 0.3 is 0 Å². The van der Waals surface area contributed by atoms with E-state index in [-0.39, 0.29) is 5.69 Å². The molecule has 0 radical (unpaired) electrons. The summed E-state index contributed by atoms with van der Waals surface area (Å²) in [5.74, 6) is 0. The summed E-state index contributed by atoms with van der Waals surface area (Å²) < 4.78 is 0. The molecule has 0 atom stereocenters. The molecule has 100 valence electrons. The number of carbonyl (C=O) groups is 1. The Bertz CT molecular complexity index is 376. The molecule has 1 N–H and O–H groups in total. The third-order valence-electron chi connectivity index (χ3n) is 1.48. The molecule has 1 aromatic carbocycles. The first-order valence-corrected chi connectivity index (χ1v) is 5.85. The van der Waals surface area contributed by atoms with Gasteiger partial charge in [0.05, 0.1) is 4.92 Å². The Kier molecular flexibility index (Phi) is 13.0. The van der Waals surface area contributed by atoms with Gasteiger partial charge in [-0.25, -0.2) is 0 Å². The van der Waals surface area contributed by atoms with Crippen LogP contribution >= 0.6 is 0 Å². The number of nitrogens with zero attached hydrogens (tertiary/aromatic N) is 1. The van der Waals surface area contributed by atoms with Crippen molar-refractivity contribution in [2.45, 2.75) is 27.7 Å². The van der Waals surface area contributed by atoms with Crippen molar-refractivity contribution < 1.29 is 9.72 Å². The lowest BCUT2D eigenvalue weighted by atomic mass is 10.3. The average Bonchev–Trinajstić information content (AvgIpc) is 2.44. The largest absolute Gasteiger partial charge is 0.361 e. The number of carbonyl (C=O) groups excluding carboxylic acids is 1. The van der Waals surface area contributed by atoms with E-state index in [0.29, 0.717) is 12.0 Å². The molecule has 18 heavy (non-hydrogen) atoms. The van der Waals surface area contributed by atoms with Gasteiger partial charge in [-0.05, 0) is 12.1 Å². The molecule has 1 rings (SSSR count). The Morgan fingerprint density at radius 1 is 1.22 bits per heavy atom. The first-order chi connectivity index (χ1) is 8.74. The smallest absolute Gasteiger partial charge is 0.271 e. The minimum atomic E-state index is -0.478. The average molecular weight is 252 g/mol. The molecule has 0 unspecified atom stereocenters. The van der Waals surface area contributed by atoms with Crippen molar-refractivity contribution in [2.24, 2.45) is 0 Å². The van der Waals surface area contributed by atoms with Crippen LogP contribution in [-0.2, 0) is 4.79 Å². The Labute approximate surface area is 108 Å². The molecule has 5 nitrogen and oxygen atoms in total. The lowest BCUT2D eigenvalue weighted by Gasteiger charge is -1.98. The van der Waals surface area contributed by atoms with Crippen LogP contribution < -0.4 is 5.32 Å². The van der Waals surface area contributed by atoms with Gasteiger partial charge in [-0.3, -0.25) is 14.9 Å². The van der Waals surface area contributed by atoms with Gasteiger partial charge in [-0.1, -0.05) is 33.8 Å². The van der Waals surface area contributed by atoms with E-state index in [1.807, 2.05) is 27.7 Å². The first-order valence-electron chi connectivity index (χ1n) is 5.85. The van der Waals surface area contributed by atoms with Crippen LogP contribution in [0.5, 0.6) is 0 Å².